The molecule has 21 heavy (non-hydrogen) atoms. The Balaban J connectivity index is 2.10. The van der Waals surface area contributed by atoms with Gasteiger partial charge in [0.1, 0.15) is 5.75 Å². The highest BCUT2D eigenvalue weighted by atomic mass is 32.1. The normalized spacial score (nSPS) is 11.2. The Labute approximate surface area is 128 Å². The summed E-state index contributed by atoms with van der Waals surface area (Å²) in [6, 6.07) is 9.85. The molecule has 2 aromatic heterocycles. The van der Waals surface area contributed by atoms with Crippen LogP contribution in [0.4, 0.5) is 0 Å². The second-order valence-electron chi connectivity index (χ2n) is 5.25. The van der Waals surface area contributed by atoms with Crippen LogP contribution in [0.25, 0.3) is 16.9 Å². The molecule has 0 saturated carbocycles. The minimum Gasteiger partial charge on any atom is -0.491 e. The molecule has 108 valence electrons. The maximum atomic E-state index is 5.66. The third-order valence-corrected chi connectivity index (χ3v) is 3.54. The molecule has 2 heterocycles. The van der Waals surface area contributed by atoms with E-state index in [4.69, 9.17) is 17.0 Å². The highest BCUT2D eigenvalue weighted by molar-refractivity contribution is 7.71. The molecule has 3 aromatic rings. The number of benzene rings is 1. The highest BCUT2D eigenvalue weighted by Crippen LogP contribution is 2.22. The van der Waals surface area contributed by atoms with Gasteiger partial charge < -0.3 is 9.72 Å². The number of hydrogen-bond donors (Lipinski definition) is 1. The van der Waals surface area contributed by atoms with Crippen LogP contribution in [0, 0.1) is 11.7 Å². The molecule has 0 aliphatic heterocycles. The van der Waals surface area contributed by atoms with Crippen molar-refractivity contribution in [2.45, 2.75) is 26.9 Å². The second kappa shape index (κ2) is 5.33. The van der Waals surface area contributed by atoms with Crippen LogP contribution in [-0.2, 0) is 0 Å². The first-order valence-corrected chi connectivity index (χ1v) is 7.30. The number of fused-ring (bicyclic) bond motifs is 1. The van der Waals surface area contributed by atoms with Gasteiger partial charge >= 0.3 is 0 Å². The van der Waals surface area contributed by atoms with Crippen molar-refractivity contribution in [2.24, 2.45) is 0 Å². The van der Waals surface area contributed by atoms with E-state index < -0.39 is 0 Å². The topological polar surface area (TPSA) is 42.8 Å². The van der Waals surface area contributed by atoms with Gasteiger partial charge in [-0.05, 0) is 68.9 Å². The fraction of sp³-hybridized carbons (Fsp3) is 0.250. The summed E-state index contributed by atoms with van der Waals surface area (Å²) < 4.78 is 8.25. The molecule has 0 atom stereocenters. The second-order valence-corrected chi connectivity index (χ2v) is 5.64. The Morgan fingerprint density at radius 3 is 2.57 bits per heavy atom. The molecule has 0 aliphatic rings. The van der Waals surface area contributed by atoms with Crippen LogP contribution >= 0.6 is 12.2 Å². The van der Waals surface area contributed by atoms with Crippen LogP contribution in [0.3, 0.4) is 0 Å². The number of aryl methyl sites for hydroxylation is 1. The van der Waals surface area contributed by atoms with Gasteiger partial charge in [-0.15, -0.1) is 0 Å². The van der Waals surface area contributed by atoms with Gasteiger partial charge in [0.15, 0.2) is 10.4 Å². The predicted molar refractivity (Wildman–Crippen MR) is 86.8 cm³/mol. The molecule has 0 unspecified atom stereocenters. The Morgan fingerprint density at radius 1 is 1.19 bits per heavy atom. The van der Waals surface area contributed by atoms with Crippen molar-refractivity contribution in [1.82, 2.24) is 14.5 Å². The molecular weight excluding hydrogens is 282 g/mol. The van der Waals surface area contributed by atoms with Gasteiger partial charge in [-0.25, -0.2) is 4.98 Å². The summed E-state index contributed by atoms with van der Waals surface area (Å²) in [6.07, 6.45) is 1.96. The first-order chi connectivity index (χ1) is 10.1. The lowest BCUT2D eigenvalue weighted by atomic mass is 10.2. The number of H-pyrrole nitrogens is 1. The average Bonchev–Trinajstić information content (AvgIpc) is 2.77. The summed E-state index contributed by atoms with van der Waals surface area (Å²) in [7, 11) is 0. The number of nitrogens with one attached hydrogen (secondary N) is 1. The third kappa shape index (κ3) is 2.56. The standard InChI is InChI=1S/C16H17N3OS/c1-10(2)20-13-6-4-12(5-7-13)19-15-14(18-16(19)21)11(3)8-9-17-15/h4-10H,1-3H3,(H,18,21). The molecule has 0 fully saturated rings. The number of imidazole rings is 1. The number of pyridine rings is 1. The molecule has 0 spiro atoms. The zero-order valence-corrected chi connectivity index (χ0v) is 13.1. The van der Waals surface area contributed by atoms with Gasteiger partial charge in [0, 0.05) is 6.20 Å². The SMILES string of the molecule is Cc1ccnc2c1[nH]c(=S)n2-c1ccc(OC(C)C)cc1. The fourth-order valence-corrected chi connectivity index (χ4v) is 2.61. The quantitative estimate of drug-likeness (QED) is 0.738. The van der Waals surface area contributed by atoms with Crippen molar-refractivity contribution in [2.75, 3.05) is 0 Å². The smallest absolute Gasteiger partial charge is 0.184 e. The monoisotopic (exact) mass is 299 g/mol. The van der Waals surface area contributed by atoms with Gasteiger partial charge in [-0.1, -0.05) is 0 Å². The molecule has 0 radical (unpaired) electrons. The molecule has 3 rings (SSSR count). The third-order valence-electron chi connectivity index (χ3n) is 3.25. The van der Waals surface area contributed by atoms with Gasteiger partial charge in [-0.2, -0.15) is 0 Å². The molecule has 4 nitrogen and oxygen atoms in total. The van der Waals surface area contributed by atoms with E-state index in [-0.39, 0.29) is 6.10 Å². The Bertz CT molecular complexity index is 831. The van der Waals surface area contributed by atoms with Crippen molar-refractivity contribution in [3.8, 4) is 11.4 Å². The van der Waals surface area contributed by atoms with Crippen LogP contribution in [0.1, 0.15) is 19.4 Å². The number of nitrogens with zero attached hydrogens (tertiary/aromatic N) is 2. The maximum Gasteiger partial charge on any atom is 0.184 e. The number of aromatic amines is 1. The number of hydrogen-bond acceptors (Lipinski definition) is 3. The molecule has 1 N–H and O–H groups in total. The zero-order chi connectivity index (χ0) is 15.0. The number of ether oxygens (including phenoxy) is 1. The van der Waals surface area contributed by atoms with Crippen LogP contribution in [0.15, 0.2) is 36.5 Å². The van der Waals surface area contributed by atoms with Crippen LogP contribution in [0.2, 0.25) is 0 Å². The summed E-state index contributed by atoms with van der Waals surface area (Å²) >= 11 is 5.43. The largest absolute Gasteiger partial charge is 0.491 e. The van der Waals surface area contributed by atoms with Gasteiger partial charge in [0.25, 0.3) is 0 Å². The lowest BCUT2D eigenvalue weighted by Gasteiger charge is -2.10. The first-order valence-electron chi connectivity index (χ1n) is 6.89. The summed E-state index contributed by atoms with van der Waals surface area (Å²) in [5.74, 6) is 0.851. The van der Waals surface area contributed by atoms with Crippen LogP contribution in [0.5, 0.6) is 5.75 Å². The summed E-state index contributed by atoms with van der Waals surface area (Å²) in [4.78, 5) is 7.67. The van der Waals surface area contributed by atoms with E-state index in [9.17, 15) is 0 Å². The molecule has 0 saturated heterocycles. The molecule has 0 aliphatic carbocycles. The molecule has 0 bridgehead atoms. The highest BCUT2D eigenvalue weighted by Gasteiger charge is 2.09. The van der Waals surface area contributed by atoms with E-state index in [0.717, 1.165) is 28.2 Å². The summed E-state index contributed by atoms with van der Waals surface area (Å²) in [5, 5.41) is 0. The number of rotatable bonds is 3. The average molecular weight is 299 g/mol. The van der Waals surface area contributed by atoms with Crippen molar-refractivity contribution < 1.29 is 4.74 Å². The van der Waals surface area contributed by atoms with Crippen molar-refractivity contribution in [1.29, 1.82) is 0 Å². The molecule has 5 heteroatoms. The predicted octanol–water partition coefficient (Wildman–Crippen LogP) is 4.18. The lowest BCUT2D eigenvalue weighted by Crippen LogP contribution is -2.05. The number of aromatic nitrogens is 3. The van der Waals surface area contributed by atoms with E-state index in [0.29, 0.717) is 4.77 Å². The van der Waals surface area contributed by atoms with Crippen LogP contribution in [-0.4, -0.2) is 20.6 Å². The summed E-state index contributed by atoms with van der Waals surface area (Å²) in [5.41, 5.74) is 3.92. The van der Waals surface area contributed by atoms with E-state index in [1.54, 1.807) is 6.20 Å². The van der Waals surface area contributed by atoms with E-state index >= 15 is 0 Å². The summed E-state index contributed by atoms with van der Waals surface area (Å²) in [6.45, 7) is 6.06. The van der Waals surface area contributed by atoms with E-state index in [2.05, 4.69) is 9.97 Å². The Kier molecular flexibility index (Phi) is 3.51. The molecule has 1 aromatic carbocycles. The Hall–Kier alpha value is -2.14. The van der Waals surface area contributed by atoms with E-state index in [1.807, 2.05) is 55.7 Å². The lowest BCUT2D eigenvalue weighted by molar-refractivity contribution is 0.242. The minimum absolute atomic E-state index is 0.162. The first kappa shape index (κ1) is 13.8. The fourth-order valence-electron chi connectivity index (χ4n) is 2.31. The van der Waals surface area contributed by atoms with Crippen molar-refractivity contribution >= 4 is 23.4 Å². The van der Waals surface area contributed by atoms with Gasteiger partial charge in [-0.3, -0.25) is 4.57 Å². The molecule has 0 amide bonds. The minimum atomic E-state index is 0.162. The van der Waals surface area contributed by atoms with Gasteiger partial charge in [0.2, 0.25) is 0 Å². The van der Waals surface area contributed by atoms with Crippen molar-refractivity contribution in [3.63, 3.8) is 0 Å². The Morgan fingerprint density at radius 2 is 1.90 bits per heavy atom. The van der Waals surface area contributed by atoms with Crippen molar-refractivity contribution in [3.05, 3.63) is 46.9 Å². The van der Waals surface area contributed by atoms with Gasteiger partial charge in [0.05, 0.1) is 17.3 Å². The zero-order valence-electron chi connectivity index (χ0n) is 12.3. The van der Waals surface area contributed by atoms with E-state index in [1.165, 1.54) is 0 Å². The molecular formula is C16H17N3OS. The maximum absolute atomic E-state index is 5.66. The van der Waals surface area contributed by atoms with Crippen LogP contribution < -0.4 is 4.74 Å².